The van der Waals surface area contributed by atoms with Gasteiger partial charge in [0.2, 0.25) is 0 Å². The summed E-state index contributed by atoms with van der Waals surface area (Å²) in [5, 5.41) is 27.1. The summed E-state index contributed by atoms with van der Waals surface area (Å²) in [6.45, 7) is 1.84. The maximum atomic E-state index is 11.8. The van der Waals surface area contributed by atoms with Gasteiger partial charge in [0.25, 0.3) is 5.69 Å². The molecule has 0 spiro atoms. The average Bonchev–Trinajstić information content (AvgIpc) is 2.58. The molecule has 9 nitrogen and oxygen atoms in total. The Kier molecular flexibility index (Phi) is 5.51. The van der Waals surface area contributed by atoms with Crippen molar-refractivity contribution in [1.82, 2.24) is 5.43 Å². The molecule has 9 heteroatoms. The van der Waals surface area contributed by atoms with E-state index in [9.17, 15) is 20.0 Å². The molecule has 0 aliphatic heterocycles. The number of hydrogen-bond donors (Lipinski definition) is 3. The van der Waals surface area contributed by atoms with Crippen LogP contribution in [0.4, 0.5) is 16.2 Å². The number of hydrogen-bond acceptors (Lipinski definition) is 6. The molecular formula is C16H16N4O5. The predicted octanol–water partition coefficient (Wildman–Crippen LogP) is 2.77. The van der Waals surface area contributed by atoms with Gasteiger partial charge in [0.05, 0.1) is 24.3 Å². The van der Waals surface area contributed by atoms with Gasteiger partial charge in [0, 0.05) is 17.3 Å². The molecule has 0 heterocycles. The molecule has 2 aromatic carbocycles. The lowest BCUT2D eigenvalue weighted by Crippen LogP contribution is -2.24. The van der Waals surface area contributed by atoms with E-state index in [2.05, 4.69) is 15.8 Å². The normalized spacial score (nSPS) is 10.5. The molecule has 2 aromatic rings. The van der Waals surface area contributed by atoms with Gasteiger partial charge in [-0.3, -0.25) is 10.1 Å². The molecule has 0 bridgehead atoms. The van der Waals surface area contributed by atoms with Crippen molar-refractivity contribution in [1.29, 1.82) is 0 Å². The summed E-state index contributed by atoms with van der Waals surface area (Å²) in [5.41, 5.74) is 3.47. The van der Waals surface area contributed by atoms with Crippen molar-refractivity contribution in [2.45, 2.75) is 6.92 Å². The molecule has 0 aromatic heterocycles. The molecule has 0 fully saturated rings. The van der Waals surface area contributed by atoms with Crippen molar-refractivity contribution < 1.29 is 19.6 Å². The van der Waals surface area contributed by atoms with Crippen LogP contribution >= 0.6 is 0 Å². The molecular weight excluding hydrogens is 328 g/mol. The van der Waals surface area contributed by atoms with Crippen molar-refractivity contribution >= 4 is 23.6 Å². The number of amides is 2. The van der Waals surface area contributed by atoms with E-state index in [4.69, 9.17) is 4.74 Å². The lowest BCUT2D eigenvalue weighted by Gasteiger charge is -2.07. The molecule has 0 unspecified atom stereocenters. The lowest BCUT2D eigenvalue weighted by molar-refractivity contribution is -0.385. The highest BCUT2D eigenvalue weighted by Gasteiger charge is 2.15. The summed E-state index contributed by atoms with van der Waals surface area (Å²) in [6, 6.07) is 8.80. The molecule has 3 N–H and O–H groups in total. The number of ether oxygens (including phenoxy) is 1. The second kappa shape index (κ2) is 7.77. The zero-order chi connectivity index (χ0) is 18.4. The Labute approximate surface area is 143 Å². The summed E-state index contributed by atoms with van der Waals surface area (Å²) in [7, 11) is 1.27. The number of phenols is 1. The van der Waals surface area contributed by atoms with Gasteiger partial charge in [0.15, 0.2) is 11.5 Å². The number of benzene rings is 2. The number of methoxy groups -OCH3 is 1. The number of rotatable bonds is 5. The standard InChI is InChI=1S/C16H16N4O5/c1-10-5-3-4-6-13(10)18-16(22)19-17-9-11-7-12(20(23)24)8-14(25-2)15(11)21/h3-9,21H,1-2H3,(H2,18,19,22)/b17-9+. The summed E-state index contributed by atoms with van der Waals surface area (Å²) in [6.07, 6.45) is 1.09. The number of nitro groups is 1. The Morgan fingerprint density at radius 2 is 2.08 bits per heavy atom. The van der Waals surface area contributed by atoms with Crippen molar-refractivity contribution in [2.24, 2.45) is 5.10 Å². The fraction of sp³-hybridized carbons (Fsp3) is 0.125. The highest BCUT2D eigenvalue weighted by Crippen LogP contribution is 2.33. The number of carbonyl (C=O) groups excluding carboxylic acids is 1. The topological polar surface area (TPSA) is 126 Å². The van der Waals surface area contributed by atoms with Gasteiger partial charge < -0.3 is 15.2 Å². The number of urea groups is 1. The SMILES string of the molecule is COc1cc([N+](=O)[O-])cc(/C=N/NC(=O)Nc2ccccc2C)c1O. The lowest BCUT2D eigenvalue weighted by atomic mass is 10.2. The highest BCUT2D eigenvalue weighted by atomic mass is 16.6. The number of non-ortho nitro benzene ring substituents is 1. The largest absolute Gasteiger partial charge is 0.504 e. The Balaban J connectivity index is 2.11. The Morgan fingerprint density at radius 1 is 1.36 bits per heavy atom. The van der Waals surface area contributed by atoms with Crippen LogP contribution in [0.25, 0.3) is 0 Å². The van der Waals surface area contributed by atoms with Crippen LogP contribution < -0.4 is 15.5 Å². The van der Waals surface area contributed by atoms with Crippen LogP contribution in [0.1, 0.15) is 11.1 Å². The first-order valence-corrected chi connectivity index (χ1v) is 7.13. The zero-order valence-electron chi connectivity index (χ0n) is 13.5. The number of aromatic hydroxyl groups is 1. The second-order valence-corrected chi connectivity index (χ2v) is 4.98. The first-order valence-electron chi connectivity index (χ1n) is 7.13. The van der Waals surface area contributed by atoms with Crippen LogP contribution in [0, 0.1) is 17.0 Å². The number of aryl methyl sites for hydroxylation is 1. The van der Waals surface area contributed by atoms with Crippen molar-refractivity contribution in [3.05, 3.63) is 57.6 Å². The van der Waals surface area contributed by atoms with Gasteiger partial charge in [-0.25, -0.2) is 10.2 Å². The monoisotopic (exact) mass is 344 g/mol. The Bertz CT molecular complexity index is 835. The zero-order valence-corrected chi connectivity index (χ0v) is 13.5. The fourth-order valence-electron chi connectivity index (χ4n) is 2.00. The van der Waals surface area contributed by atoms with Crippen molar-refractivity contribution in [3.63, 3.8) is 0 Å². The number of nitrogens with one attached hydrogen (secondary N) is 2. The molecule has 0 saturated carbocycles. The number of nitro benzene ring substituents is 1. The first-order chi connectivity index (χ1) is 11.9. The smallest absolute Gasteiger partial charge is 0.339 e. The minimum absolute atomic E-state index is 0.0299. The number of hydrazone groups is 1. The quantitative estimate of drug-likeness (QED) is 0.437. The van der Waals surface area contributed by atoms with Gasteiger partial charge in [-0.1, -0.05) is 18.2 Å². The average molecular weight is 344 g/mol. The maximum Gasteiger partial charge on any atom is 0.339 e. The highest BCUT2D eigenvalue weighted by molar-refractivity contribution is 5.92. The summed E-state index contributed by atoms with van der Waals surface area (Å²) in [5.74, 6) is -0.391. The molecule has 0 atom stereocenters. The minimum Gasteiger partial charge on any atom is -0.504 e. The number of anilines is 1. The van der Waals surface area contributed by atoms with Gasteiger partial charge in [-0.05, 0) is 18.6 Å². The predicted molar refractivity (Wildman–Crippen MR) is 92.2 cm³/mol. The van der Waals surface area contributed by atoms with Crippen LogP contribution in [-0.2, 0) is 0 Å². The van der Waals surface area contributed by atoms with Gasteiger partial charge >= 0.3 is 6.03 Å². The van der Waals surface area contributed by atoms with E-state index in [-0.39, 0.29) is 22.7 Å². The van der Waals surface area contributed by atoms with Crippen LogP contribution in [0.3, 0.4) is 0 Å². The Hall–Kier alpha value is -3.62. The first kappa shape index (κ1) is 17.7. The molecule has 0 aliphatic carbocycles. The van der Waals surface area contributed by atoms with E-state index in [1.54, 1.807) is 12.1 Å². The minimum atomic E-state index is -0.627. The number of carbonyl (C=O) groups is 1. The van der Waals surface area contributed by atoms with Crippen LogP contribution in [0.5, 0.6) is 11.5 Å². The molecule has 130 valence electrons. The summed E-state index contributed by atoms with van der Waals surface area (Å²) >= 11 is 0. The molecule has 2 amide bonds. The summed E-state index contributed by atoms with van der Waals surface area (Å²) in [4.78, 5) is 22.1. The van der Waals surface area contributed by atoms with Gasteiger partial charge in [-0.15, -0.1) is 0 Å². The van der Waals surface area contributed by atoms with Crippen molar-refractivity contribution in [3.8, 4) is 11.5 Å². The molecule has 25 heavy (non-hydrogen) atoms. The van der Waals surface area contributed by atoms with E-state index in [0.29, 0.717) is 5.69 Å². The number of para-hydroxylation sites is 1. The van der Waals surface area contributed by atoms with Crippen molar-refractivity contribution in [2.75, 3.05) is 12.4 Å². The number of nitrogens with zero attached hydrogens (tertiary/aromatic N) is 2. The second-order valence-electron chi connectivity index (χ2n) is 4.98. The van der Waals surface area contributed by atoms with E-state index in [1.807, 2.05) is 19.1 Å². The third-order valence-corrected chi connectivity index (χ3v) is 3.28. The molecule has 0 aliphatic rings. The Morgan fingerprint density at radius 3 is 2.72 bits per heavy atom. The molecule has 0 saturated heterocycles. The van der Waals surface area contributed by atoms with E-state index < -0.39 is 11.0 Å². The van der Waals surface area contributed by atoms with E-state index in [1.165, 1.54) is 7.11 Å². The van der Waals surface area contributed by atoms with E-state index >= 15 is 0 Å². The maximum absolute atomic E-state index is 11.8. The molecule has 2 rings (SSSR count). The van der Waals surface area contributed by atoms with Crippen LogP contribution in [0.15, 0.2) is 41.5 Å². The number of phenolic OH excluding ortho intramolecular Hbond substituents is 1. The molecule has 0 radical (unpaired) electrons. The van der Waals surface area contributed by atoms with Crippen LogP contribution in [0.2, 0.25) is 0 Å². The van der Waals surface area contributed by atoms with Gasteiger partial charge in [-0.2, -0.15) is 5.10 Å². The van der Waals surface area contributed by atoms with Gasteiger partial charge in [0.1, 0.15) is 0 Å². The van der Waals surface area contributed by atoms with Crippen LogP contribution in [-0.4, -0.2) is 29.4 Å². The third-order valence-electron chi connectivity index (χ3n) is 3.28. The fourth-order valence-corrected chi connectivity index (χ4v) is 2.00. The summed E-state index contributed by atoms with van der Waals surface area (Å²) < 4.78 is 4.88. The third kappa shape index (κ3) is 4.44. The van der Waals surface area contributed by atoms with E-state index in [0.717, 1.165) is 23.9 Å².